The van der Waals surface area contributed by atoms with Crippen LogP contribution in [-0.4, -0.2) is 103 Å². The Kier molecular flexibility index (Phi) is 11.9. The molecule has 2 atom stereocenters. The van der Waals surface area contributed by atoms with Gasteiger partial charge in [0.15, 0.2) is 16.9 Å². The van der Waals surface area contributed by atoms with Gasteiger partial charge < -0.3 is 24.0 Å². The van der Waals surface area contributed by atoms with Crippen LogP contribution in [0.15, 0.2) is 59.8 Å². The van der Waals surface area contributed by atoms with Crippen molar-refractivity contribution in [2.24, 2.45) is 5.92 Å². The molecule has 3 aliphatic rings. The average molecular weight is 786 g/mol. The molecule has 1 aliphatic carbocycles. The monoisotopic (exact) mass is 784 g/mol. The molecule has 0 spiro atoms. The van der Waals surface area contributed by atoms with Gasteiger partial charge in [-0.05, 0) is 67.3 Å². The van der Waals surface area contributed by atoms with E-state index in [2.05, 4.69) is 14.6 Å². The van der Waals surface area contributed by atoms with E-state index >= 15 is 0 Å². The van der Waals surface area contributed by atoms with Crippen molar-refractivity contribution in [3.8, 4) is 11.5 Å². The maximum Gasteiger partial charge on any atom is 0.387 e. The number of aromatic nitrogens is 1. The minimum absolute atomic E-state index is 0.0227. The second-order valence-electron chi connectivity index (χ2n) is 12.5. The largest absolute Gasteiger partial charge is 0.489 e. The van der Waals surface area contributed by atoms with Crippen LogP contribution < -0.4 is 9.47 Å². The lowest BCUT2D eigenvalue weighted by atomic mass is 10.0. The molecule has 3 fully saturated rings. The Bertz CT molecular complexity index is 1840. The number of hydrogen-bond donors (Lipinski definition) is 0. The SMILES string of the molecule is CN1CCN(C(=O)c2cccc(S(=O)(=O)N3CCS[C@H]3C(=O)OC(Cc3c(Cl)cncc3Cl)c3ccc(OC(F)F)c(OCC4CC4)c3)c2)CC1. The Morgan fingerprint density at radius 1 is 1.00 bits per heavy atom. The van der Waals surface area contributed by atoms with Crippen molar-refractivity contribution < 1.29 is 41.0 Å². The predicted molar refractivity (Wildman–Crippen MR) is 188 cm³/mol. The number of nitrogens with zero attached hydrogens (tertiary/aromatic N) is 4. The summed E-state index contributed by atoms with van der Waals surface area (Å²) in [6, 6.07) is 10.0. The van der Waals surface area contributed by atoms with Gasteiger partial charge >= 0.3 is 12.6 Å². The van der Waals surface area contributed by atoms with Crippen LogP contribution in [0.1, 0.15) is 40.4 Å². The van der Waals surface area contributed by atoms with Gasteiger partial charge in [-0.1, -0.05) is 35.3 Å². The third-order valence-electron chi connectivity index (χ3n) is 8.86. The smallest absolute Gasteiger partial charge is 0.387 e. The van der Waals surface area contributed by atoms with Crippen molar-refractivity contribution in [3.05, 3.63) is 81.6 Å². The van der Waals surface area contributed by atoms with E-state index in [1.807, 2.05) is 7.05 Å². The van der Waals surface area contributed by atoms with Gasteiger partial charge in [-0.15, -0.1) is 11.8 Å². The van der Waals surface area contributed by atoms with Crippen molar-refractivity contribution in [2.45, 2.75) is 42.2 Å². The van der Waals surface area contributed by atoms with E-state index in [1.54, 1.807) is 11.0 Å². The van der Waals surface area contributed by atoms with E-state index in [0.29, 0.717) is 55.6 Å². The summed E-state index contributed by atoms with van der Waals surface area (Å²) in [5.41, 5.74) is 0.994. The summed E-state index contributed by atoms with van der Waals surface area (Å²) < 4.78 is 72.2. The van der Waals surface area contributed by atoms with E-state index in [1.165, 1.54) is 48.8 Å². The molecular weight excluding hydrogens is 749 g/mol. The fourth-order valence-electron chi connectivity index (χ4n) is 5.77. The van der Waals surface area contributed by atoms with Crippen LogP contribution in [0.4, 0.5) is 8.78 Å². The molecule has 3 heterocycles. The summed E-state index contributed by atoms with van der Waals surface area (Å²) in [7, 11) is -2.29. The van der Waals surface area contributed by atoms with Crippen molar-refractivity contribution in [2.75, 3.05) is 52.1 Å². The summed E-state index contributed by atoms with van der Waals surface area (Å²) >= 11 is 14.0. The minimum atomic E-state index is -4.26. The Morgan fingerprint density at radius 2 is 1.73 bits per heavy atom. The van der Waals surface area contributed by atoms with Crippen LogP contribution in [0, 0.1) is 5.92 Å². The third kappa shape index (κ3) is 9.06. The summed E-state index contributed by atoms with van der Waals surface area (Å²) in [4.78, 5) is 34.9. The number of thioether (sulfide) groups is 1. The summed E-state index contributed by atoms with van der Waals surface area (Å²) in [6.07, 6.45) is 3.53. The zero-order chi connectivity index (χ0) is 36.3. The molecule has 0 N–H and O–H groups in total. The molecular formula is C34H36Cl2F2N4O7S2. The van der Waals surface area contributed by atoms with Gasteiger partial charge in [0.25, 0.3) is 5.91 Å². The first-order valence-electron chi connectivity index (χ1n) is 16.3. The average Bonchev–Trinajstić information content (AvgIpc) is 3.80. The maximum absolute atomic E-state index is 14.0. The Morgan fingerprint density at radius 3 is 2.41 bits per heavy atom. The Balaban J connectivity index is 1.26. The lowest BCUT2D eigenvalue weighted by Gasteiger charge is -2.32. The second-order valence-corrected chi connectivity index (χ2v) is 16.4. The third-order valence-corrected chi connectivity index (χ3v) is 12.7. The van der Waals surface area contributed by atoms with Crippen LogP contribution in [0.2, 0.25) is 10.0 Å². The number of esters is 1. The van der Waals surface area contributed by atoms with Gasteiger partial charge in [-0.25, -0.2) is 13.2 Å². The zero-order valence-electron chi connectivity index (χ0n) is 27.6. The number of sulfonamides is 1. The highest BCUT2D eigenvalue weighted by Crippen LogP contribution is 2.39. The lowest BCUT2D eigenvalue weighted by Crippen LogP contribution is -2.47. The molecule has 0 bridgehead atoms. The van der Waals surface area contributed by atoms with E-state index in [4.69, 9.17) is 32.7 Å². The molecule has 1 unspecified atom stereocenters. The first-order valence-corrected chi connectivity index (χ1v) is 19.6. The molecule has 274 valence electrons. The number of halogens is 4. The van der Waals surface area contributed by atoms with Crippen molar-refractivity contribution in [1.82, 2.24) is 19.1 Å². The normalized spacial score (nSPS) is 19.3. The standard InChI is InChI=1S/C34H36Cl2F2N4O7S2/c1-40-9-11-41(12-10-40)31(43)23-3-2-4-24(15-23)51(45,46)42-13-14-50-32(42)33(44)48-29(17-25-26(35)18-39-19-27(25)36)22-7-8-28(49-34(37)38)30(16-22)47-20-21-5-6-21/h2-4,7-8,15-16,18-19,21,29,32,34H,5-6,9-14,17,20H2,1H3/t29?,32-/m0/s1. The van der Waals surface area contributed by atoms with Crippen LogP contribution in [0.25, 0.3) is 0 Å². The molecule has 17 heteroatoms. The van der Waals surface area contributed by atoms with Gasteiger partial charge in [-0.3, -0.25) is 9.78 Å². The number of carbonyl (C=O) groups excluding carboxylic acids is 2. The molecule has 6 rings (SSSR count). The highest BCUT2D eigenvalue weighted by molar-refractivity contribution is 8.02. The van der Waals surface area contributed by atoms with Crippen molar-refractivity contribution in [3.63, 3.8) is 0 Å². The number of likely N-dealkylation sites (N-methyl/N-ethyl adjacent to an activating group) is 1. The summed E-state index contributed by atoms with van der Waals surface area (Å²) in [6.45, 7) is -0.312. The molecule has 3 aromatic rings. The number of ether oxygens (including phenoxy) is 3. The number of pyridine rings is 1. The topological polar surface area (TPSA) is 119 Å². The Labute approximate surface area is 309 Å². The molecule has 51 heavy (non-hydrogen) atoms. The molecule has 2 aromatic carbocycles. The van der Waals surface area contributed by atoms with E-state index in [-0.39, 0.29) is 50.9 Å². The van der Waals surface area contributed by atoms with Gasteiger partial charge in [-0.2, -0.15) is 13.1 Å². The second kappa shape index (κ2) is 16.2. The van der Waals surface area contributed by atoms with Gasteiger partial charge in [0, 0.05) is 62.9 Å². The van der Waals surface area contributed by atoms with Crippen LogP contribution in [-0.2, 0) is 26.0 Å². The van der Waals surface area contributed by atoms with Gasteiger partial charge in [0.05, 0.1) is 21.5 Å². The van der Waals surface area contributed by atoms with E-state index in [0.717, 1.165) is 28.9 Å². The Hall–Kier alpha value is -3.21. The fraction of sp³-hybridized carbons (Fsp3) is 0.441. The minimum Gasteiger partial charge on any atom is -0.489 e. The number of carbonyl (C=O) groups is 2. The van der Waals surface area contributed by atoms with Crippen LogP contribution >= 0.6 is 35.0 Å². The number of benzene rings is 2. The molecule has 1 saturated carbocycles. The number of alkyl halides is 2. The summed E-state index contributed by atoms with van der Waals surface area (Å²) in [5.74, 6) is -0.660. The summed E-state index contributed by atoms with van der Waals surface area (Å²) in [5, 5.41) is -0.849. The highest BCUT2D eigenvalue weighted by Gasteiger charge is 2.42. The lowest BCUT2D eigenvalue weighted by molar-refractivity contribution is -0.150. The number of rotatable bonds is 13. The number of hydrogen-bond acceptors (Lipinski definition) is 10. The van der Waals surface area contributed by atoms with Crippen molar-refractivity contribution >= 4 is 56.9 Å². The van der Waals surface area contributed by atoms with Crippen molar-refractivity contribution in [1.29, 1.82) is 0 Å². The zero-order valence-corrected chi connectivity index (χ0v) is 30.7. The van der Waals surface area contributed by atoms with Crippen LogP contribution in [0.5, 0.6) is 11.5 Å². The first kappa shape index (κ1) is 37.5. The van der Waals surface area contributed by atoms with Gasteiger partial charge in [0.1, 0.15) is 6.10 Å². The van der Waals surface area contributed by atoms with E-state index in [9.17, 15) is 26.8 Å². The highest BCUT2D eigenvalue weighted by atomic mass is 35.5. The van der Waals surface area contributed by atoms with E-state index < -0.39 is 34.1 Å². The molecule has 0 radical (unpaired) electrons. The predicted octanol–water partition coefficient (Wildman–Crippen LogP) is 5.76. The van der Waals surface area contributed by atoms with Crippen LogP contribution in [0.3, 0.4) is 0 Å². The quantitative estimate of drug-likeness (QED) is 0.198. The molecule has 2 aliphatic heterocycles. The first-order chi connectivity index (χ1) is 24.4. The fourth-order valence-corrected chi connectivity index (χ4v) is 9.38. The maximum atomic E-state index is 14.0. The molecule has 2 saturated heterocycles. The molecule has 1 aromatic heterocycles. The molecule has 1 amide bonds. The number of piperazine rings is 1. The molecule has 11 nitrogen and oxygen atoms in total. The number of amides is 1. The van der Waals surface area contributed by atoms with Gasteiger partial charge in [0.2, 0.25) is 10.0 Å².